The SMILES string of the molecule is O=C(O)[C@H]1CCC(=O)N(C2CC2)[C@@H]1C(F)(F)F. The van der Waals surface area contributed by atoms with E-state index in [0.717, 1.165) is 4.90 Å². The van der Waals surface area contributed by atoms with Crippen LogP contribution >= 0.6 is 0 Å². The van der Waals surface area contributed by atoms with Crippen LogP contribution < -0.4 is 0 Å². The molecule has 1 saturated carbocycles. The summed E-state index contributed by atoms with van der Waals surface area (Å²) in [5.74, 6) is -3.59. The van der Waals surface area contributed by atoms with Gasteiger partial charge in [-0.3, -0.25) is 9.59 Å². The van der Waals surface area contributed by atoms with Gasteiger partial charge in [0.2, 0.25) is 5.91 Å². The number of carbonyl (C=O) groups excluding carboxylic acids is 1. The van der Waals surface area contributed by atoms with Gasteiger partial charge < -0.3 is 10.0 Å². The fourth-order valence-electron chi connectivity index (χ4n) is 2.34. The molecule has 4 nitrogen and oxygen atoms in total. The minimum atomic E-state index is -4.68. The summed E-state index contributed by atoms with van der Waals surface area (Å²) in [6, 6.07) is -2.58. The molecule has 2 rings (SSSR count). The van der Waals surface area contributed by atoms with Crippen molar-refractivity contribution in [2.24, 2.45) is 5.92 Å². The summed E-state index contributed by atoms with van der Waals surface area (Å²) < 4.78 is 38.7. The number of aliphatic carboxylic acids is 1. The molecule has 0 unspecified atom stereocenters. The van der Waals surface area contributed by atoms with E-state index in [-0.39, 0.29) is 12.8 Å². The maximum atomic E-state index is 12.9. The number of hydrogen-bond donors (Lipinski definition) is 1. The standard InChI is InChI=1S/C10H12F3NO3/c11-10(12,13)8-6(9(16)17)3-4-7(15)14(8)5-1-2-5/h5-6,8H,1-4H2,(H,16,17)/t6-,8-/m0/s1. The van der Waals surface area contributed by atoms with Crippen LogP contribution in [0.4, 0.5) is 13.2 Å². The maximum absolute atomic E-state index is 12.9. The molecule has 0 radical (unpaired) electrons. The molecule has 1 aliphatic heterocycles. The Hall–Kier alpha value is -1.27. The number of carboxylic acid groups (broad SMARTS) is 1. The molecular weight excluding hydrogens is 239 g/mol. The van der Waals surface area contributed by atoms with Gasteiger partial charge in [0.1, 0.15) is 6.04 Å². The van der Waals surface area contributed by atoms with E-state index in [2.05, 4.69) is 0 Å². The Morgan fingerprint density at radius 1 is 1.29 bits per heavy atom. The Bertz CT molecular complexity index is 351. The molecule has 1 amide bonds. The molecule has 1 N–H and O–H groups in total. The van der Waals surface area contributed by atoms with Gasteiger partial charge in [-0.1, -0.05) is 0 Å². The van der Waals surface area contributed by atoms with E-state index in [1.165, 1.54) is 0 Å². The third kappa shape index (κ3) is 2.23. The molecule has 1 saturated heterocycles. The molecule has 1 aliphatic carbocycles. The van der Waals surface area contributed by atoms with Crippen molar-refractivity contribution in [1.82, 2.24) is 4.90 Å². The molecule has 1 heterocycles. The van der Waals surface area contributed by atoms with Crippen molar-refractivity contribution in [2.75, 3.05) is 0 Å². The average molecular weight is 251 g/mol. The van der Waals surface area contributed by atoms with Gasteiger partial charge in [0.15, 0.2) is 0 Å². The topological polar surface area (TPSA) is 57.6 Å². The molecule has 0 aromatic carbocycles. The highest BCUT2D eigenvalue weighted by molar-refractivity contribution is 5.82. The Balaban J connectivity index is 2.31. The van der Waals surface area contributed by atoms with E-state index in [4.69, 9.17) is 5.11 Å². The fourth-order valence-corrected chi connectivity index (χ4v) is 2.34. The lowest BCUT2D eigenvalue weighted by Gasteiger charge is -2.40. The molecule has 17 heavy (non-hydrogen) atoms. The number of amides is 1. The zero-order chi connectivity index (χ0) is 12.8. The molecule has 0 spiro atoms. The van der Waals surface area contributed by atoms with Gasteiger partial charge in [0, 0.05) is 12.5 Å². The number of nitrogens with zero attached hydrogens (tertiary/aromatic N) is 1. The first-order valence-electron chi connectivity index (χ1n) is 5.43. The Labute approximate surface area is 95.4 Å². The first-order chi connectivity index (χ1) is 7.82. The smallest absolute Gasteiger partial charge is 0.409 e. The predicted octanol–water partition coefficient (Wildman–Crippen LogP) is 1.40. The number of carbonyl (C=O) groups is 2. The molecular formula is C10H12F3NO3. The van der Waals surface area contributed by atoms with Crippen LogP contribution in [0.2, 0.25) is 0 Å². The summed E-state index contributed by atoms with van der Waals surface area (Å²) in [5, 5.41) is 8.84. The highest BCUT2D eigenvalue weighted by Gasteiger charge is 2.57. The molecule has 7 heteroatoms. The average Bonchev–Trinajstić information content (AvgIpc) is 2.98. The van der Waals surface area contributed by atoms with Crippen molar-refractivity contribution in [1.29, 1.82) is 0 Å². The highest BCUT2D eigenvalue weighted by atomic mass is 19.4. The van der Waals surface area contributed by atoms with Crippen molar-refractivity contribution >= 4 is 11.9 Å². The van der Waals surface area contributed by atoms with Crippen molar-refractivity contribution < 1.29 is 27.9 Å². The summed E-state index contributed by atoms with van der Waals surface area (Å²) in [6.45, 7) is 0. The predicted molar refractivity (Wildman–Crippen MR) is 50.1 cm³/mol. The summed E-state index contributed by atoms with van der Waals surface area (Å²) in [6.07, 6.45) is -3.96. The van der Waals surface area contributed by atoms with E-state index in [9.17, 15) is 22.8 Å². The van der Waals surface area contributed by atoms with Gasteiger partial charge in [-0.05, 0) is 19.3 Å². The third-order valence-electron chi connectivity index (χ3n) is 3.23. The zero-order valence-electron chi connectivity index (χ0n) is 8.91. The minimum absolute atomic E-state index is 0.111. The Morgan fingerprint density at radius 2 is 1.88 bits per heavy atom. The van der Waals surface area contributed by atoms with Gasteiger partial charge in [0.05, 0.1) is 5.92 Å². The number of hydrogen-bond acceptors (Lipinski definition) is 2. The van der Waals surface area contributed by atoms with Gasteiger partial charge >= 0.3 is 12.1 Å². The molecule has 2 fully saturated rings. The van der Waals surface area contributed by atoms with E-state index >= 15 is 0 Å². The first-order valence-corrected chi connectivity index (χ1v) is 5.43. The van der Waals surface area contributed by atoms with E-state index in [0.29, 0.717) is 12.8 Å². The summed E-state index contributed by atoms with van der Waals surface area (Å²) >= 11 is 0. The van der Waals surface area contributed by atoms with Crippen LogP contribution in [0.15, 0.2) is 0 Å². The first kappa shape index (κ1) is 12.2. The van der Waals surface area contributed by atoms with Crippen LogP contribution in [0.5, 0.6) is 0 Å². The Kier molecular flexibility index (Phi) is 2.79. The van der Waals surface area contributed by atoms with E-state index in [1.807, 2.05) is 0 Å². The van der Waals surface area contributed by atoms with E-state index in [1.54, 1.807) is 0 Å². The van der Waals surface area contributed by atoms with Gasteiger partial charge in [-0.2, -0.15) is 13.2 Å². The fraction of sp³-hybridized carbons (Fsp3) is 0.800. The monoisotopic (exact) mass is 251 g/mol. The van der Waals surface area contributed by atoms with Crippen LogP contribution in [0, 0.1) is 5.92 Å². The molecule has 0 aromatic rings. The highest BCUT2D eigenvalue weighted by Crippen LogP contribution is 2.42. The van der Waals surface area contributed by atoms with Crippen LogP contribution in [-0.4, -0.2) is 40.1 Å². The number of likely N-dealkylation sites (tertiary alicyclic amines) is 1. The summed E-state index contributed by atoms with van der Waals surface area (Å²) in [4.78, 5) is 23.2. The van der Waals surface area contributed by atoms with Crippen LogP contribution in [0.1, 0.15) is 25.7 Å². The normalized spacial score (nSPS) is 30.5. The lowest BCUT2D eigenvalue weighted by molar-refractivity contribution is -0.213. The van der Waals surface area contributed by atoms with E-state index < -0.39 is 36.1 Å². The quantitative estimate of drug-likeness (QED) is 0.807. The second-order valence-corrected chi connectivity index (χ2v) is 4.50. The molecule has 2 atom stereocenters. The zero-order valence-corrected chi connectivity index (χ0v) is 8.91. The minimum Gasteiger partial charge on any atom is -0.481 e. The van der Waals surface area contributed by atoms with Crippen molar-refractivity contribution in [3.63, 3.8) is 0 Å². The van der Waals surface area contributed by atoms with Crippen molar-refractivity contribution in [3.05, 3.63) is 0 Å². The van der Waals surface area contributed by atoms with Crippen LogP contribution in [0.25, 0.3) is 0 Å². The number of piperidine rings is 1. The van der Waals surface area contributed by atoms with Crippen molar-refractivity contribution in [2.45, 2.75) is 43.9 Å². The number of alkyl halides is 3. The number of rotatable bonds is 2. The summed E-state index contributed by atoms with van der Waals surface area (Å²) in [7, 11) is 0. The second kappa shape index (κ2) is 3.89. The third-order valence-corrected chi connectivity index (χ3v) is 3.23. The number of halogens is 3. The molecule has 2 aliphatic rings. The lowest BCUT2D eigenvalue weighted by Crippen LogP contribution is -2.58. The second-order valence-electron chi connectivity index (χ2n) is 4.50. The largest absolute Gasteiger partial charge is 0.481 e. The molecule has 0 aromatic heterocycles. The number of carboxylic acids is 1. The van der Waals surface area contributed by atoms with Crippen molar-refractivity contribution in [3.8, 4) is 0 Å². The summed E-state index contributed by atoms with van der Waals surface area (Å²) in [5.41, 5.74) is 0. The maximum Gasteiger partial charge on any atom is 0.409 e. The Morgan fingerprint density at radius 3 is 2.29 bits per heavy atom. The van der Waals surface area contributed by atoms with Crippen LogP contribution in [-0.2, 0) is 9.59 Å². The molecule has 96 valence electrons. The molecule has 0 bridgehead atoms. The van der Waals surface area contributed by atoms with Crippen LogP contribution in [0.3, 0.4) is 0 Å². The van der Waals surface area contributed by atoms with Gasteiger partial charge in [-0.15, -0.1) is 0 Å². The van der Waals surface area contributed by atoms with Gasteiger partial charge in [-0.25, -0.2) is 0 Å². The lowest BCUT2D eigenvalue weighted by atomic mass is 9.88. The van der Waals surface area contributed by atoms with Gasteiger partial charge in [0.25, 0.3) is 0 Å².